The second-order valence-corrected chi connectivity index (χ2v) is 6.05. The van der Waals surface area contributed by atoms with Gasteiger partial charge in [-0.25, -0.2) is 18.6 Å². The minimum atomic E-state index is -4.60. The molecular formula is C17H13F5N4O3. The summed E-state index contributed by atoms with van der Waals surface area (Å²) in [6.07, 6.45) is -4.10. The van der Waals surface area contributed by atoms with Crippen LogP contribution < -0.4 is 15.4 Å². The largest absolute Gasteiger partial charge is 0.436 e. The van der Waals surface area contributed by atoms with Crippen LogP contribution in [0.25, 0.3) is 0 Å². The molecule has 2 heterocycles. The van der Waals surface area contributed by atoms with Crippen LogP contribution in [-0.2, 0) is 11.0 Å². The van der Waals surface area contributed by atoms with Crippen molar-refractivity contribution in [2.45, 2.75) is 12.2 Å². The summed E-state index contributed by atoms with van der Waals surface area (Å²) in [5.41, 5.74) is -1.47. The van der Waals surface area contributed by atoms with Crippen LogP contribution in [0.15, 0.2) is 30.5 Å². The quantitative estimate of drug-likeness (QED) is 0.751. The molecule has 1 saturated heterocycles. The molecule has 0 saturated carbocycles. The minimum Gasteiger partial charge on any atom is -0.436 e. The number of hydrogen-bond donors (Lipinski definition) is 2. The van der Waals surface area contributed by atoms with Crippen LogP contribution in [0.4, 0.5) is 32.4 Å². The fraction of sp³-hybridized carbons (Fsp3) is 0.235. The van der Waals surface area contributed by atoms with Crippen molar-refractivity contribution in [1.82, 2.24) is 15.2 Å². The summed E-state index contributed by atoms with van der Waals surface area (Å²) in [6, 6.07) is 1.43. The molecule has 154 valence electrons. The van der Waals surface area contributed by atoms with Crippen molar-refractivity contribution < 1.29 is 36.3 Å². The molecule has 1 aromatic carbocycles. The Morgan fingerprint density at radius 2 is 2.00 bits per heavy atom. The zero-order valence-corrected chi connectivity index (χ0v) is 14.7. The van der Waals surface area contributed by atoms with Gasteiger partial charge < -0.3 is 20.3 Å². The van der Waals surface area contributed by atoms with E-state index in [4.69, 9.17) is 4.74 Å². The number of aromatic nitrogens is 1. The van der Waals surface area contributed by atoms with E-state index in [0.29, 0.717) is 18.3 Å². The van der Waals surface area contributed by atoms with Crippen LogP contribution in [0.1, 0.15) is 5.56 Å². The number of amides is 3. The molecule has 3 amide bonds. The fourth-order valence-corrected chi connectivity index (χ4v) is 2.50. The Kier molecular flexibility index (Phi) is 5.27. The lowest BCUT2D eigenvalue weighted by Gasteiger charge is -2.18. The number of alkyl halides is 3. The van der Waals surface area contributed by atoms with Crippen molar-refractivity contribution in [1.29, 1.82) is 0 Å². The van der Waals surface area contributed by atoms with Gasteiger partial charge in [0.2, 0.25) is 11.8 Å². The Hall–Kier alpha value is -3.44. The predicted molar refractivity (Wildman–Crippen MR) is 89.3 cm³/mol. The van der Waals surface area contributed by atoms with Gasteiger partial charge >= 0.3 is 12.2 Å². The maximum absolute atomic E-state index is 14.0. The number of ether oxygens (including phenoxy) is 1. The van der Waals surface area contributed by atoms with E-state index in [1.165, 1.54) is 7.05 Å². The molecule has 1 atom stereocenters. The van der Waals surface area contributed by atoms with Gasteiger partial charge in [0.05, 0.1) is 11.3 Å². The number of anilines is 1. The molecule has 3 rings (SSSR count). The summed E-state index contributed by atoms with van der Waals surface area (Å²) in [6.45, 7) is 0.00279. The summed E-state index contributed by atoms with van der Waals surface area (Å²) in [7, 11) is 1.37. The number of nitrogens with one attached hydrogen (secondary N) is 2. The third-order valence-electron chi connectivity index (χ3n) is 4.09. The zero-order valence-electron chi connectivity index (χ0n) is 14.7. The first kappa shape index (κ1) is 20.3. The van der Waals surface area contributed by atoms with Crippen molar-refractivity contribution in [3.05, 3.63) is 47.7 Å². The summed E-state index contributed by atoms with van der Waals surface area (Å²) in [5.74, 6) is -3.93. The molecule has 7 nitrogen and oxygen atoms in total. The van der Waals surface area contributed by atoms with Crippen molar-refractivity contribution in [3.63, 3.8) is 0 Å². The molecule has 2 N–H and O–H groups in total. The van der Waals surface area contributed by atoms with E-state index >= 15 is 0 Å². The van der Waals surface area contributed by atoms with E-state index in [-0.39, 0.29) is 12.4 Å². The van der Waals surface area contributed by atoms with Crippen molar-refractivity contribution in [2.75, 3.05) is 18.9 Å². The highest BCUT2D eigenvalue weighted by atomic mass is 19.4. The summed E-state index contributed by atoms with van der Waals surface area (Å²) >= 11 is 0. The van der Waals surface area contributed by atoms with Crippen LogP contribution in [0.5, 0.6) is 11.6 Å². The number of carbonyl (C=O) groups excluding carboxylic acids is 2. The van der Waals surface area contributed by atoms with Gasteiger partial charge in [0, 0.05) is 38.0 Å². The molecule has 1 aliphatic rings. The lowest BCUT2D eigenvalue weighted by molar-refractivity contribution is -0.137. The maximum atomic E-state index is 14.0. The SMILES string of the molecule is CN1C(=O)NCC1C(=O)Nc1cc(Oc2ccc(C(F)(F)F)cn2)c(F)cc1F. The van der Waals surface area contributed by atoms with Gasteiger partial charge in [-0.15, -0.1) is 0 Å². The highest BCUT2D eigenvalue weighted by molar-refractivity contribution is 5.99. The van der Waals surface area contributed by atoms with Gasteiger partial charge in [-0.3, -0.25) is 4.79 Å². The fourth-order valence-electron chi connectivity index (χ4n) is 2.50. The van der Waals surface area contributed by atoms with E-state index in [1.54, 1.807) is 0 Å². The summed E-state index contributed by atoms with van der Waals surface area (Å²) in [5, 5.41) is 4.65. The Morgan fingerprint density at radius 1 is 1.28 bits per heavy atom. The van der Waals surface area contributed by atoms with Crippen LogP contribution in [0.3, 0.4) is 0 Å². The third-order valence-corrected chi connectivity index (χ3v) is 4.09. The van der Waals surface area contributed by atoms with E-state index in [1.807, 2.05) is 0 Å². The second kappa shape index (κ2) is 7.53. The van der Waals surface area contributed by atoms with Gasteiger partial charge in [-0.1, -0.05) is 0 Å². The Bertz CT molecular complexity index is 949. The van der Waals surface area contributed by atoms with Gasteiger partial charge in [0.25, 0.3) is 0 Å². The smallest absolute Gasteiger partial charge is 0.417 e. The number of rotatable bonds is 4. The number of pyridine rings is 1. The second-order valence-electron chi connectivity index (χ2n) is 6.05. The molecule has 0 spiro atoms. The van der Waals surface area contributed by atoms with Crippen molar-refractivity contribution in [2.24, 2.45) is 0 Å². The average molecular weight is 416 g/mol. The average Bonchev–Trinajstić information content (AvgIpc) is 2.98. The number of carbonyl (C=O) groups is 2. The molecule has 12 heteroatoms. The van der Waals surface area contributed by atoms with Gasteiger partial charge in [-0.05, 0) is 6.07 Å². The Balaban J connectivity index is 1.79. The predicted octanol–water partition coefficient (Wildman–Crippen LogP) is 3.13. The molecule has 1 unspecified atom stereocenters. The molecule has 0 radical (unpaired) electrons. The monoisotopic (exact) mass is 416 g/mol. The highest BCUT2D eigenvalue weighted by Gasteiger charge is 2.33. The zero-order chi connectivity index (χ0) is 21.3. The molecule has 1 fully saturated rings. The molecular weight excluding hydrogens is 403 g/mol. The molecule has 0 aliphatic carbocycles. The standard InChI is InChI=1S/C17H13F5N4O3/c1-26-12(7-24-16(26)28)15(27)25-11-5-13(10(19)4-9(11)18)29-14-3-2-8(6-23-14)17(20,21)22/h2-6,12H,7H2,1H3,(H,24,28)(H,25,27). The first-order valence-electron chi connectivity index (χ1n) is 8.08. The van der Waals surface area contributed by atoms with Crippen molar-refractivity contribution >= 4 is 17.6 Å². The van der Waals surface area contributed by atoms with Crippen molar-refractivity contribution in [3.8, 4) is 11.6 Å². The van der Waals surface area contributed by atoms with Gasteiger partial charge in [0.15, 0.2) is 11.6 Å². The van der Waals surface area contributed by atoms with Crippen LogP contribution in [-0.4, -0.2) is 41.5 Å². The molecule has 2 aromatic rings. The number of urea groups is 1. The first-order valence-corrected chi connectivity index (χ1v) is 8.08. The van der Waals surface area contributed by atoms with E-state index in [9.17, 15) is 31.5 Å². The third kappa shape index (κ3) is 4.36. The normalized spacial score (nSPS) is 16.6. The van der Waals surface area contributed by atoms with E-state index in [2.05, 4.69) is 15.6 Å². The minimum absolute atomic E-state index is 0.00279. The summed E-state index contributed by atoms with van der Waals surface area (Å²) in [4.78, 5) is 28.2. The van der Waals surface area contributed by atoms with Gasteiger partial charge in [0.1, 0.15) is 11.9 Å². The van der Waals surface area contributed by atoms with Gasteiger partial charge in [-0.2, -0.15) is 13.2 Å². The summed E-state index contributed by atoms with van der Waals surface area (Å²) < 4.78 is 70.8. The highest BCUT2D eigenvalue weighted by Crippen LogP contribution is 2.32. The topological polar surface area (TPSA) is 83.6 Å². The lowest BCUT2D eigenvalue weighted by atomic mass is 10.2. The number of benzene rings is 1. The number of nitrogens with zero attached hydrogens (tertiary/aromatic N) is 2. The van der Waals surface area contributed by atoms with Crippen LogP contribution in [0.2, 0.25) is 0 Å². The number of hydrogen-bond acceptors (Lipinski definition) is 4. The van der Waals surface area contributed by atoms with E-state index < -0.39 is 52.8 Å². The Morgan fingerprint density at radius 3 is 2.55 bits per heavy atom. The Labute approximate surface area is 160 Å². The number of halogens is 5. The van der Waals surface area contributed by atoms with Crippen LogP contribution in [0, 0.1) is 11.6 Å². The lowest BCUT2D eigenvalue weighted by Crippen LogP contribution is -2.40. The van der Waals surface area contributed by atoms with E-state index in [0.717, 1.165) is 17.0 Å². The molecule has 1 aliphatic heterocycles. The number of likely N-dealkylation sites (N-methyl/N-ethyl adjacent to an activating group) is 1. The maximum Gasteiger partial charge on any atom is 0.417 e. The first-order chi connectivity index (χ1) is 13.6. The molecule has 1 aromatic heterocycles. The van der Waals surface area contributed by atoms with Crippen LogP contribution >= 0.6 is 0 Å². The molecule has 0 bridgehead atoms. The molecule has 29 heavy (non-hydrogen) atoms.